The van der Waals surface area contributed by atoms with Crippen molar-refractivity contribution in [3.8, 4) is 0 Å². The lowest BCUT2D eigenvalue weighted by Gasteiger charge is -2.25. The van der Waals surface area contributed by atoms with Crippen LogP contribution in [0.3, 0.4) is 0 Å². The van der Waals surface area contributed by atoms with Gasteiger partial charge >= 0.3 is 0 Å². The number of benzene rings is 2. The SMILES string of the molecule is CC[C@@](C)(C=C(c1ccccc1)c1ccccc1)CCC=O. The minimum absolute atomic E-state index is 0.0297. The third-order valence-electron chi connectivity index (χ3n) is 4.30. The lowest BCUT2D eigenvalue weighted by atomic mass is 9.79. The van der Waals surface area contributed by atoms with Gasteiger partial charge in [0.2, 0.25) is 0 Å². The lowest BCUT2D eigenvalue weighted by molar-refractivity contribution is -0.108. The number of carbonyl (C=O) groups excluding carboxylic acids is 1. The van der Waals surface area contributed by atoms with E-state index in [1.54, 1.807) is 0 Å². The Kier molecular flexibility index (Phi) is 5.71. The number of carbonyl (C=O) groups is 1. The second-order valence-corrected chi connectivity index (χ2v) is 6.00. The first-order chi connectivity index (χ1) is 10.7. The predicted octanol–water partition coefficient (Wildman–Crippen LogP) is 5.51. The maximum absolute atomic E-state index is 10.8. The quantitative estimate of drug-likeness (QED) is 0.615. The molecule has 0 aliphatic heterocycles. The smallest absolute Gasteiger partial charge is 0.120 e. The first kappa shape index (κ1) is 16.2. The molecular weight excluding hydrogens is 268 g/mol. The monoisotopic (exact) mass is 292 g/mol. The van der Waals surface area contributed by atoms with E-state index in [2.05, 4.69) is 68.5 Å². The number of hydrogen-bond donors (Lipinski definition) is 0. The molecule has 114 valence electrons. The Morgan fingerprint density at radius 1 is 0.955 bits per heavy atom. The maximum Gasteiger partial charge on any atom is 0.120 e. The molecule has 0 amide bonds. The Hall–Kier alpha value is -2.15. The fourth-order valence-corrected chi connectivity index (χ4v) is 2.66. The molecule has 0 unspecified atom stereocenters. The highest BCUT2D eigenvalue weighted by molar-refractivity contribution is 5.80. The highest BCUT2D eigenvalue weighted by atomic mass is 16.1. The summed E-state index contributed by atoms with van der Waals surface area (Å²) in [4.78, 5) is 10.8. The van der Waals surface area contributed by atoms with Crippen LogP contribution in [-0.2, 0) is 4.79 Å². The first-order valence-electron chi connectivity index (χ1n) is 7.96. The summed E-state index contributed by atoms with van der Waals surface area (Å²) in [5, 5.41) is 0. The van der Waals surface area contributed by atoms with Gasteiger partial charge in [-0.25, -0.2) is 0 Å². The van der Waals surface area contributed by atoms with Gasteiger partial charge in [-0.3, -0.25) is 0 Å². The van der Waals surface area contributed by atoms with Crippen LogP contribution in [-0.4, -0.2) is 6.29 Å². The third-order valence-corrected chi connectivity index (χ3v) is 4.30. The summed E-state index contributed by atoms with van der Waals surface area (Å²) < 4.78 is 0. The topological polar surface area (TPSA) is 17.1 Å². The summed E-state index contributed by atoms with van der Waals surface area (Å²) in [5.74, 6) is 0. The van der Waals surface area contributed by atoms with E-state index in [0.29, 0.717) is 6.42 Å². The Labute approximate surface area is 133 Å². The van der Waals surface area contributed by atoms with Crippen LogP contribution in [0.1, 0.15) is 44.2 Å². The van der Waals surface area contributed by atoms with E-state index in [1.165, 1.54) is 16.7 Å². The number of allylic oxidation sites excluding steroid dienone is 1. The number of aldehydes is 1. The summed E-state index contributed by atoms with van der Waals surface area (Å²) in [6.45, 7) is 4.43. The fourth-order valence-electron chi connectivity index (χ4n) is 2.66. The zero-order valence-corrected chi connectivity index (χ0v) is 13.5. The van der Waals surface area contributed by atoms with E-state index in [-0.39, 0.29) is 5.41 Å². The van der Waals surface area contributed by atoms with Crippen LogP contribution < -0.4 is 0 Å². The number of rotatable bonds is 7. The van der Waals surface area contributed by atoms with Crippen molar-refractivity contribution in [3.05, 3.63) is 77.9 Å². The second kappa shape index (κ2) is 7.74. The Balaban J connectivity index is 2.48. The van der Waals surface area contributed by atoms with Gasteiger partial charge in [-0.05, 0) is 35.0 Å². The van der Waals surface area contributed by atoms with Crippen LogP contribution in [0.25, 0.3) is 5.57 Å². The zero-order valence-electron chi connectivity index (χ0n) is 13.5. The van der Waals surface area contributed by atoms with E-state index in [4.69, 9.17) is 0 Å². The van der Waals surface area contributed by atoms with E-state index in [1.807, 2.05) is 12.1 Å². The van der Waals surface area contributed by atoms with Crippen LogP contribution in [0, 0.1) is 5.41 Å². The van der Waals surface area contributed by atoms with Crippen molar-refractivity contribution >= 4 is 11.9 Å². The first-order valence-corrected chi connectivity index (χ1v) is 7.96. The summed E-state index contributed by atoms with van der Waals surface area (Å²) in [6, 6.07) is 20.9. The molecule has 2 aromatic carbocycles. The Morgan fingerprint density at radius 2 is 1.45 bits per heavy atom. The molecule has 0 aliphatic carbocycles. The molecule has 22 heavy (non-hydrogen) atoms. The van der Waals surface area contributed by atoms with Gasteiger partial charge in [0.15, 0.2) is 0 Å². The minimum Gasteiger partial charge on any atom is -0.303 e. The molecule has 0 heterocycles. The third kappa shape index (κ3) is 4.17. The molecular formula is C21H24O. The summed E-state index contributed by atoms with van der Waals surface area (Å²) >= 11 is 0. The van der Waals surface area contributed by atoms with Crippen LogP contribution in [0.2, 0.25) is 0 Å². The second-order valence-electron chi connectivity index (χ2n) is 6.00. The molecule has 0 spiro atoms. The Bertz CT molecular complexity index is 571. The zero-order chi connectivity index (χ0) is 15.8. The van der Waals surface area contributed by atoms with Crippen LogP contribution >= 0.6 is 0 Å². The van der Waals surface area contributed by atoms with Crippen molar-refractivity contribution in [2.75, 3.05) is 0 Å². The predicted molar refractivity (Wildman–Crippen MR) is 93.7 cm³/mol. The van der Waals surface area contributed by atoms with Gasteiger partial charge in [-0.2, -0.15) is 0 Å². The average Bonchev–Trinajstić information content (AvgIpc) is 2.59. The standard InChI is InChI=1S/C21H24O/c1-3-21(2,15-10-16-22)17-20(18-11-6-4-7-12-18)19-13-8-5-9-14-19/h4-9,11-14,16-17H,3,10,15H2,1-2H3/t21-/m1/s1. The van der Waals surface area contributed by atoms with E-state index in [0.717, 1.165) is 19.1 Å². The molecule has 2 rings (SSSR count). The van der Waals surface area contributed by atoms with Gasteiger partial charge in [0.25, 0.3) is 0 Å². The fraction of sp³-hybridized carbons (Fsp3) is 0.286. The largest absolute Gasteiger partial charge is 0.303 e. The van der Waals surface area contributed by atoms with Crippen molar-refractivity contribution in [3.63, 3.8) is 0 Å². The summed E-state index contributed by atoms with van der Waals surface area (Å²) in [6.07, 6.45) is 5.88. The Morgan fingerprint density at radius 3 is 1.86 bits per heavy atom. The molecule has 0 saturated heterocycles. The van der Waals surface area contributed by atoms with Crippen LogP contribution in [0.4, 0.5) is 0 Å². The van der Waals surface area contributed by atoms with Crippen molar-refractivity contribution in [1.29, 1.82) is 0 Å². The molecule has 0 bridgehead atoms. The normalized spacial score (nSPS) is 13.2. The van der Waals surface area contributed by atoms with Gasteiger partial charge in [0.05, 0.1) is 0 Å². The van der Waals surface area contributed by atoms with E-state index in [9.17, 15) is 4.79 Å². The molecule has 2 aromatic rings. The summed E-state index contributed by atoms with van der Waals surface area (Å²) in [5.41, 5.74) is 3.72. The molecule has 1 heteroatoms. The minimum atomic E-state index is 0.0297. The van der Waals surface area contributed by atoms with Crippen LogP contribution in [0.15, 0.2) is 66.7 Å². The maximum atomic E-state index is 10.8. The van der Waals surface area contributed by atoms with Crippen LogP contribution in [0.5, 0.6) is 0 Å². The molecule has 0 saturated carbocycles. The van der Waals surface area contributed by atoms with Crippen molar-refractivity contribution < 1.29 is 4.79 Å². The molecule has 0 N–H and O–H groups in total. The van der Waals surface area contributed by atoms with Gasteiger partial charge < -0.3 is 4.79 Å². The average molecular weight is 292 g/mol. The highest BCUT2D eigenvalue weighted by Crippen LogP contribution is 2.35. The van der Waals surface area contributed by atoms with Gasteiger partial charge in [-0.15, -0.1) is 0 Å². The molecule has 0 fully saturated rings. The molecule has 0 radical (unpaired) electrons. The highest BCUT2D eigenvalue weighted by Gasteiger charge is 2.20. The van der Waals surface area contributed by atoms with E-state index < -0.39 is 0 Å². The number of hydrogen-bond acceptors (Lipinski definition) is 1. The van der Waals surface area contributed by atoms with Gasteiger partial charge in [-0.1, -0.05) is 80.6 Å². The molecule has 0 aromatic heterocycles. The van der Waals surface area contributed by atoms with Crippen molar-refractivity contribution in [2.45, 2.75) is 33.1 Å². The van der Waals surface area contributed by atoms with E-state index >= 15 is 0 Å². The van der Waals surface area contributed by atoms with Gasteiger partial charge in [0, 0.05) is 6.42 Å². The summed E-state index contributed by atoms with van der Waals surface area (Å²) in [7, 11) is 0. The van der Waals surface area contributed by atoms with Crippen molar-refractivity contribution in [2.24, 2.45) is 5.41 Å². The van der Waals surface area contributed by atoms with Crippen molar-refractivity contribution in [1.82, 2.24) is 0 Å². The van der Waals surface area contributed by atoms with Gasteiger partial charge in [0.1, 0.15) is 6.29 Å². The lowest BCUT2D eigenvalue weighted by Crippen LogP contribution is -2.13. The molecule has 0 aliphatic rings. The molecule has 1 nitrogen and oxygen atoms in total. The molecule has 1 atom stereocenters.